The van der Waals surface area contributed by atoms with E-state index in [4.69, 9.17) is 4.74 Å². The third kappa shape index (κ3) is 4.22. The maximum absolute atomic E-state index is 13.7. The van der Waals surface area contributed by atoms with Crippen LogP contribution in [0.3, 0.4) is 0 Å². The van der Waals surface area contributed by atoms with Gasteiger partial charge in [-0.15, -0.1) is 0 Å². The molecular weight excluding hydrogens is 446 g/mol. The van der Waals surface area contributed by atoms with E-state index in [-0.39, 0.29) is 12.5 Å². The van der Waals surface area contributed by atoms with Crippen molar-refractivity contribution >= 4 is 40.1 Å². The van der Waals surface area contributed by atoms with Crippen LogP contribution in [0, 0.1) is 0 Å². The summed E-state index contributed by atoms with van der Waals surface area (Å²) in [7, 11) is 0. The number of aromatic nitrogens is 2. The standard InChI is InChI=1S/C27H23N3O3S/c1-2-33-27(32)22-17-30(16-14-20-19-11-6-7-13-23(19)29-24(20)22)26(31)21-12-8-15-28-25(21)34-18-9-4-3-5-10-18/h3-13,15,17,29H,2,14,16H2,1H3. The number of fused-ring (bicyclic) bond motifs is 3. The first-order valence-corrected chi connectivity index (χ1v) is 11.9. The summed E-state index contributed by atoms with van der Waals surface area (Å²) in [4.78, 5) is 37.1. The molecular formula is C27H23N3O3S. The molecule has 1 N–H and O–H groups in total. The molecule has 0 saturated carbocycles. The number of nitrogens with one attached hydrogen (secondary N) is 1. The number of aromatic amines is 1. The van der Waals surface area contributed by atoms with Gasteiger partial charge in [-0.3, -0.25) is 4.79 Å². The Morgan fingerprint density at radius 1 is 1.06 bits per heavy atom. The molecule has 0 aliphatic carbocycles. The van der Waals surface area contributed by atoms with Crippen LogP contribution in [-0.4, -0.2) is 39.9 Å². The normalized spacial score (nSPS) is 13.2. The third-order valence-electron chi connectivity index (χ3n) is 5.69. The van der Waals surface area contributed by atoms with Crippen LogP contribution in [0.25, 0.3) is 16.5 Å². The molecule has 1 amide bonds. The SMILES string of the molecule is CCOC(=O)C1=CN(C(=O)c2cccnc2Sc2ccccc2)CCc2c1[nH]c1ccccc21. The predicted octanol–water partition coefficient (Wildman–Crippen LogP) is 5.32. The molecule has 34 heavy (non-hydrogen) atoms. The van der Waals surface area contributed by atoms with Crippen LogP contribution in [0.15, 0.2) is 89.0 Å². The summed E-state index contributed by atoms with van der Waals surface area (Å²) in [6.45, 7) is 2.45. The molecule has 2 aromatic carbocycles. The lowest BCUT2D eigenvalue weighted by Gasteiger charge is -2.19. The first kappa shape index (κ1) is 22.0. The molecule has 0 unspecified atom stereocenters. The summed E-state index contributed by atoms with van der Waals surface area (Å²) in [6, 6.07) is 21.3. The number of H-pyrrole nitrogens is 1. The maximum atomic E-state index is 13.7. The van der Waals surface area contributed by atoms with Crippen molar-refractivity contribution in [3.63, 3.8) is 0 Å². The van der Waals surface area contributed by atoms with Crippen LogP contribution in [0.2, 0.25) is 0 Å². The summed E-state index contributed by atoms with van der Waals surface area (Å²) < 4.78 is 5.34. The van der Waals surface area contributed by atoms with E-state index in [0.29, 0.717) is 34.8 Å². The Bertz CT molecular complexity index is 1390. The number of rotatable bonds is 5. The number of carbonyl (C=O) groups excluding carboxylic acids is 2. The molecule has 170 valence electrons. The van der Waals surface area contributed by atoms with E-state index in [0.717, 1.165) is 21.4 Å². The number of pyridine rings is 1. The van der Waals surface area contributed by atoms with Gasteiger partial charge >= 0.3 is 5.97 Å². The van der Waals surface area contributed by atoms with Gasteiger partial charge in [-0.05, 0) is 49.2 Å². The lowest BCUT2D eigenvalue weighted by atomic mass is 10.0. The van der Waals surface area contributed by atoms with Gasteiger partial charge in [-0.1, -0.05) is 48.2 Å². The molecule has 0 saturated heterocycles. The van der Waals surface area contributed by atoms with E-state index >= 15 is 0 Å². The van der Waals surface area contributed by atoms with Crippen LogP contribution < -0.4 is 0 Å². The molecule has 0 fully saturated rings. The average Bonchev–Trinajstić information content (AvgIpc) is 3.12. The predicted molar refractivity (Wildman–Crippen MR) is 132 cm³/mol. The summed E-state index contributed by atoms with van der Waals surface area (Å²) >= 11 is 1.44. The monoisotopic (exact) mass is 469 g/mol. The number of nitrogens with zero attached hydrogens (tertiary/aromatic N) is 2. The topological polar surface area (TPSA) is 75.3 Å². The van der Waals surface area contributed by atoms with E-state index in [1.807, 2.05) is 54.6 Å². The lowest BCUT2D eigenvalue weighted by molar-refractivity contribution is -0.136. The van der Waals surface area contributed by atoms with E-state index in [1.54, 1.807) is 36.4 Å². The minimum Gasteiger partial charge on any atom is -0.462 e. The number of carbonyl (C=O) groups is 2. The zero-order valence-corrected chi connectivity index (χ0v) is 19.5. The second kappa shape index (κ2) is 9.57. The second-order valence-corrected chi connectivity index (χ2v) is 8.87. The summed E-state index contributed by atoms with van der Waals surface area (Å²) in [6.07, 6.45) is 3.90. The van der Waals surface area contributed by atoms with Crippen LogP contribution in [0.5, 0.6) is 0 Å². The van der Waals surface area contributed by atoms with Crippen molar-refractivity contribution in [3.05, 3.63) is 95.9 Å². The number of hydrogen-bond donors (Lipinski definition) is 1. The average molecular weight is 470 g/mol. The van der Waals surface area contributed by atoms with Gasteiger partial charge in [0.25, 0.3) is 5.91 Å². The van der Waals surface area contributed by atoms with Crippen molar-refractivity contribution in [3.8, 4) is 0 Å². The highest BCUT2D eigenvalue weighted by molar-refractivity contribution is 7.99. The summed E-state index contributed by atoms with van der Waals surface area (Å²) in [5.74, 6) is -0.664. The number of esters is 1. The van der Waals surface area contributed by atoms with Gasteiger partial charge in [0.1, 0.15) is 5.03 Å². The minimum atomic E-state index is -0.458. The Kier molecular flexibility index (Phi) is 6.18. The molecule has 3 heterocycles. The molecule has 0 atom stereocenters. The first-order valence-electron chi connectivity index (χ1n) is 11.1. The number of ether oxygens (including phenoxy) is 1. The Labute approximate surface area is 201 Å². The van der Waals surface area contributed by atoms with Crippen molar-refractivity contribution in [1.82, 2.24) is 14.9 Å². The van der Waals surface area contributed by atoms with Gasteiger partial charge in [0, 0.05) is 34.7 Å². The fourth-order valence-electron chi connectivity index (χ4n) is 4.12. The van der Waals surface area contributed by atoms with Gasteiger partial charge in [-0.25, -0.2) is 9.78 Å². The Balaban J connectivity index is 1.54. The molecule has 1 aliphatic rings. The van der Waals surface area contributed by atoms with Gasteiger partial charge in [0.05, 0.1) is 23.4 Å². The van der Waals surface area contributed by atoms with Crippen molar-refractivity contribution in [1.29, 1.82) is 0 Å². The van der Waals surface area contributed by atoms with Gasteiger partial charge < -0.3 is 14.6 Å². The lowest BCUT2D eigenvalue weighted by Crippen LogP contribution is -2.28. The number of para-hydroxylation sites is 1. The molecule has 6 nitrogen and oxygen atoms in total. The quantitative estimate of drug-likeness (QED) is 0.401. The zero-order chi connectivity index (χ0) is 23.5. The molecule has 5 rings (SSSR count). The molecule has 7 heteroatoms. The Morgan fingerprint density at radius 3 is 2.68 bits per heavy atom. The van der Waals surface area contributed by atoms with Crippen LogP contribution >= 0.6 is 11.8 Å². The third-order valence-corrected chi connectivity index (χ3v) is 6.71. The minimum absolute atomic E-state index is 0.206. The fourth-order valence-corrected chi connectivity index (χ4v) is 5.02. The van der Waals surface area contributed by atoms with Gasteiger partial charge in [0.2, 0.25) is 0 Å². The van der Waals surface area contributed by atoms with Crippen molar-refractivity contribution < 1.29 is 14.3 Å². The maximum Gasteiger partial charge on any atom is 0.341 e. The van der Waals surface area contributed by atoms with Crippen molar-refractivity contribution in [2.45, 2.75) is 23.3 Å². The van der Waals surface area contributed by atoms with Gasteiger partial charge in [0.15, 0.2) is 0 Å². The van der Waals surface area contributed by atoms with Crippen LogP contribution in [0.1, 0.15) is 28.5 Å². The molecule has 4 aromatic rings. The number of hydrogen-bond acceptors (Lipinski definition) is 5. The fraction of sp³-hybridized carbons (Fsp3) is 0.148. The molecule has 1 aliphatic heterocycles. The smallest absolute Gasteiger partial charge is 0.341 e. The molecule has 0 bridgehead atoms. The van der Waals surface area contributed by atoms with Crippen LogP contribution in [-0.2, 0) is 16.0 Å². The van der Waals surface area contributed by atoms with Gasteiger partial charge in [-0.2, -0.15) is 0 Å². The molecule has 0 radical (unpaired) electrons. The highest BCUT2D eigenvalue weighted by Gasteiger charge is 2.28. The molecule has 2 aromatic heterocycles. The Morgan fingerprint density at radius 2 is 1.85 bits per heavy atom. The summed E-state index contributed by atoms with van der Waals surface area (Å²) in [5.41, 5.74) is 3.51. The number of benzene rings is 2. The highest BCUT2D eigenvalue weighted by atomic mass is 32.2. The molecule has 0 spiro atoms. The van der Waals surface area contributed by atoms with Crippen molar-refractivity contribution in [2.24, 2.45) is 0 Å². The Hall–Kier alpha value is -3.84. The van der Waals surface area contributed by atoms with Crippen LogP contribution in [0.4, 0.5) is 0 Å². The first-order chi connectivity index (χ1) is 16.7. The number of amides is 1. The van der Waals surface area contributed by atoms with E-state index in [2.05, 4.69) is 9.97 Å². The van der Waals surface area contributed by atoms with E-state index in [9.17, 15) is 9.59 Å². The highest BCUT2D eigenvalue weighted by Crippen LogP contribution is 2.33. The second-order valence-electron chi connectivity index (χ2n) is 7.81. The summed E-state index contributed by atoms with van der Waals surface area (Å²) in [5, 5.41) is 1.67. The zero-order valence-electron chi connectivity index (χ0n) is 18.7. The largest absolute Gasteiger partial charge is 0.462 e. The van der Waals surface area contributed by atoms with E-state index in [1.165, 1.54) is 11.8 Å². The van der Waals surface area contributed by atoms with E-state index < -0.39 is 5.97 Å². The van der Waals surface area contributed by atoms with Crippen molar-refractivity contribution in [2.75, 3.05) is 13.2 Å².